The van der Waals surface area contributed by atoms with E-state index in [0.717, 1.165) is 32.4 Å². The molecule has 0 spiro atoms. The summed E-state index contributed by atoms with van der Waals surface area (Å²) in [6.45, 7) is 3.73. The number of aryl methyl sites for hydroxylation is 1. The van der Waals surface area contributed by atoms with E-state index in [4.69, 9.17) is 4.74 Å². The average molecular weight is 611 g/mol. The number of anilines is 1. The van der Waals surface area contributed by atoms with Crippen molar-refractivity contribution in [2.75, 3.05) is 45.2 Å². The molecule has 2 fully saturated rings. The Hall–Kier alpha value is -3.74. The van der Waals surface area contributed by atoms with E-state index in [2.05, 4.69) is 49.5 Å². The number of piperidine rings is 2. The Morgan fingerprint density at radius 2 is 1.74 bits per heavy atom. The molecule has 5 heterocycles. The number of aromatic nitrogens is 4. The number of methoxy groups -OCH3 is 1. The van der Waals surface area contributed by atoms with Crippen LogP contribution in [0.4, 0.5) is 5.82 Å². The number of nitrogens with one attached hydrogen (secondary N) is 1. The number of halogens is 1. The number of aliphatic hydroxyl groups excluding tert-OH is 1. The number of likely N-dealkylation sites (tertiary alicyclic amines) is 2. The van der Waals surface area contributed by atoms with Gasteiger partial charge in [-0.1, -0.05) is 24.3 Å². The fraction of sp³-hybridized carbons (Fsp3) is 0.500. The van der Waals surface area contributed by atoms with E-state index < -0.39 is 6.10 Å². The molecule has 0 saturated carbocycles. The minimum absolute atomic E-state index is 0. The fourth-order valence-electron chi connectivity index (χ4n) is 6.34. The number of hydrogen-bond donors (Lipinski definition) is 2. The number of nitrogens with zero attached hydrogens (tertiary/aromatic N) is 7. The van der Waals surface area contributed by atoms with Gasteiger partial charge in [0.05, 0.1) is 25.0 Å². The van der Waals surface area contributed by atoms with E-state index >= 15 is 0 Å². The molecular weight excluding hydrogens is 572 g/mol. The number of hydrogen-bond acceptors (Lipinski definition) is 9. The van der Waals surface area contributed by atoms with Crippen LogP contribution in [-0.4, -0.2) is 109 Å². The summed E-state index contributed by atoms with van der Waals surface area (Å²) in [6.07, 6.45) is 5.81. The van der Waals surface area contributed by atoms with Crippen molar-refractivity contribution >= 4 is 30.0 Å². The number of ether oxygens (including phenoxy) is 1. The Kier molecular flexibility index (Phi) is 9.48. The van der Waals surface area contributed by atoms with Crippen molar-refractivity contribution in [1.29, 1.82) is 0 Å². The van der Waals surface area contributed by atoms with Gasteiger partial charge in [0.15, 0.2) is 0 Å². The highest BCUT2D eigenvalue weighted by Crippen LogP contribution is 2.26. The first kappa shape index (κ1) is 30.7. The van der Waals surface area contributed by atoms with Crippen molar-refractivity contribution in [2.45, 2.75) is 50.4 Å². The molecule has 2 atom stereocenters. The van der Waals surface area contributed by atoms with Gasteiger partial charge in [0.25, 0.3) is 11.8 Å². The zero-order chi connectivity index (χ0) is 29.2. The van der Waals surface area contributed by atoms with Crippen molar-refractivity contribution in [3.63, 3.8) is 0 Å². The lowest BCUT2D eigenvalue weighted by Crippen LogP contribution is -2.56. The van der Waals surface area contributed by atoms with Gasteiger partial charge in [-0.15, -0.1) is 12.4 Å². The molecule has 6 rings (SSSR count). The number of rotatable bonds is 6. The van der Waals surface area contributed by atoms with Gasteiger partial charge in [-0.25, -0.2) is 0 Å². The van der Waals surface area contributed by atoms with Gasteiger partial charge in [0.2, 0.25) is 0 Å². The zero-order valence-electron chi connectivity index (χ0n) is 24.6. The van der Waals surface area contributed by atoms with E-state index in [1.165, 1.54) is 18.2 Å². The number of benzene rings is 1. The van der Waals surface area contributed by atoms with Crippen LogP contribution < -0.4 is 10.1 Å². The molecule has 0 bridgehead atoms. The maximum absolute atomic E-state index is 13.5. The molecule has 1 aromatic carbocycles. The molecule has 3 aromatic rings. The van der Waals surface area contributed by atoms with E-state index in [1.54, 1.807) is 35.1 Å². The van der Waals surface area contributed by atoms with E-state index in [9.17, 15) is 14.7 Å². The minimum Gasteiger partial charge on any atom is -0.467 e. The maximum Gasteiger partial charge on any atom is 0.318 e. The van der Waals surface area contributed by atoms with E-state index in [-0.39, 0.29) is 54.6 Å². The van der Waals surface area contributed by atoms with E-state index in [0.29, 0.717) is 37.4 Å². The fourth-order valence-corrected chi connectivity index (χ4v) is 6.34. The highest BCUT2D eigenvalue weighted by atomic mass is 35.5. The number of carbonyl (C=O) groups excluding carboxylic acids is 2. The minimum atomic E-state index is -0.645. The standard InChI is InChI=1S/C30H38N8O4.ClH/c1-35-17-22(16-31-35)28(40)36-12-8-23(9-13-36)32-27-15-24(33-30(34-27)42-2)29(41)38-14-10-25(26(39)19-38)37-11-7-20-5-3-4-6-21(20)18-37;/h3-6,15-17,23,25-26,39H,7-14,18-19H2,1-2H3,(H,32,33,34);1H/t25-,26-;/m1./s1. The summed E-state index contributed by atoms with van der Waals surface area (Å²) in [4.78, 5) is 40.9. The zero-order valence-corrected chi connectivity index (χ0v) is 25.4. The summed E-state index contributed by atoms with van der Waals surface area (Å²) in [6, 6.07) is 10.3. The summed E-state index contributed by atoms with van der Waals surface area (Å²) in [5.74, 6) is 0.232. The predicted molar refractivity (Wildman–Crippen MR) is 162 cm³/mol. The molecule has 43 heavy (non-hydrogen) atoms. The van der Waals surface area contributed by atoms with Crippen molar-refractivity contribution < 1.29 is 19.4 Å². The van der Waals surface area contributed by atoms with Gasteiger partial charge in [0.1, 0.15) is 11.5 Å². The summed E-state index contributed by atoms with van der Waals surface area (Å²) < 4.78 is 6.94. The monoisotopic (exact) mass is 610 g/mol. The van der Waals surface area contributed by atoms with Gasteiger partial charge in [-0.05, 0) is 36.8 Å². The Balaban J connectivity index is 0.00000368. The number of carbonyl (C=O) groups is 2. The highest BCUT2D eigenvalue weighted by molar-refractivity contribution is 5.94. The van der Waals surface area contributed by atoms with Gasteiger partial charge in [0, 0.05) is 70.7 Å². The lowest BCUT2D eigenvalue weighted by atomic mass is 9.94. The molecule has 2 amide bonds. The van der Waals surface area contributed by atoms with Gasteiger partial charge >= 0.3 is 6.01 Å². The Labute approximate surface area is 257 Å². The third kappa shape index (κ3) is 6.76. The summed E-state index contributed by atoms with van der Waals surface area (Å²) >= 11 is 0. The quantitative estimate of drug-likeness (QED) is 0.430. The van der Waals surface area contributed by atoms with Crippen LogP contribution in [-0.2, 0) is 20.0 Å². The van der Waals surface area contributed by atoms with Gasteiger partial charge < -0.3 is 25.0 Å². The predicted octanol–water partition coefficient (Wildman–Crippen LogP) is 1.99. The van der Waals surface area contributed by atoms with Crippen molar-refractivity contribution in [3.05, 3.63) is 65.1 Å². The first-order valence-electron chi connectivity index (χ1n) is 14.6. The number of β-amino-alcohol motifs (C(OH)–C–C–N with tert-alkyl or cyclic N) is 1. The first-order chi connectivity index (χ1) is 20.4. The summed E-state index contributed by atoms with van der Waals surface area (Å²) in [5, 5.41) is 18.6. The molecule has 0 unspecified atom stereocenters. The van der Waals surface area contributed by atoms with Crippen LogP contribution in [0.3, 0.4) is 0 Å². The van der Waals surface area contributed by atoms with Crippen LogP contribution in [0, 0.1) is 0 Å². The number of amides is 2. The van der Waals surface area contributed by atoms with Crippen LogP contribution >= 0.6 is 12.4 Å². The van der Waals surface area contributed by atoms with Gasteiger partial charge in [-0.2, -0.15) is 15.1 Å². The lowest BCUT2D eigenvalue weighted by Gasteiger charge is -2.43. The second kappa shape index (κ2) is 13.3. The molecule has 12 nitrogen and oxygen atoms in total. The molecule has 0 aliphatic carbocycles. The molecule has 2 aromatic heterocycles. The summed E-state index contributed by atoms with van der Waals surface area (Å²) in [5.41, 5.74) is 3.50. The number of fused-ring (bicyclic) bond motifs is 1. The lowest BCUT2D eigenvalue weighted by molar-refractivity contribution is -0.0139. The second-order valence-corrected chi connectivity index (χ2v) is 11.4. The molecule has 230 valence electrons. The Bertz CT molecular complexity index is 1440. The third-order valence-corrected chi connectivity index (χ3v) is 8.66. The molecule has 3 aliphatic heterocycles. The summed E-state index contributed by atoms with van der Waals surface area (Å²) in [7, 11) is 3.27. The largest absolute Gasteiger partial charge is 0.467 e. The van der Waals surface area contributed by atoms with Crippen LogP contribution in [0.25, 0.3) is 0 Å². The van der Waals surface area contributed by atoms with Crippen molar-refractivity contribution in [3.8, 4) is 6.01 Å². The van der Waals surface area contributed by atoms with E-state index in [1.807, 2.05) is 4.90 Å². The highest BCUT2D eigenvalue weighted by Gasteiger charge is 2.36. The molecule has 2 N–H and O–H groups in total. The Morgan fingerprint density at radius 3 is 2.44 bits per heavy atom. The van der Waals surface area contributed by atoms with Crippen LogP contribution in [0.2, 0.25) is 0 Å². The second-order valence-electron chi connectivity index (χ2n) is 11.4. The number of aliphatic hydroxyl groups is 1. The topological polar surface area (TPSA) is 129 Å². The first-order valence-corrected chi connectivity index (χ1v) is 14.6. The maximum atomic E-state index is 13.5. The van der Waals surface area contributed by atoms with Crippen LogP contribution in [0.15, 0.2) is 42.7 Å². The molecule has 13 heteroatoms. The SMILES string of the molecule is COc1nc(NC2CCN(C(=O)c3cnn(C)c3)CC2)cc(C(=O)N2CC[C@@H](N3CCc4ccccc4C3)[C@H](O)C2)n1.Cl. The molecule has 2 saturated heterocycles. The smallest absolute Gasteiger partial charge is 0.318 e. The molecule has 0 radical (unpaired) electrons. The van der Waals surface area contributed by atoms with Crippen LogP contribution in [0.1, 0.15) is 51.2 Å². The average Bonchev–Trinajstić information content (AvgIpc) is 3.46. The third-order valence-electron chi connectivity index (χ3n) is 8.66. The molecular formula is C30H39ClN8O4. The normalized spacial score (nSPS) is 21.1. The van der Waals surface area contributed by atoms with Crippen molar-refractivity contribution in [2.24, 2.45) is 7.05 Å². The van der Waals surface area contributed by atoms with Crippen molar-refractivity contribution in [1.82, 2.24) is 34.4 Å². The van der Waals surface area contributed by atoms with Gasteiger partial charge in [-0.3, -0.25) is 19.2 Å². The van der Waals surface area contributed by atoms with Crippen LogP contribution in [0.5, 0.6) is 6.01 Å². The Morgan fingerprint density at radius 1 is 1.00 bits per heavy atom. The molecule has 3 aliphatic rings.